The number of hydrogen-bond acceptors (Lipinski definition) is 3. The van der Waals surface area contributed by atoms with Crippen molar-refractivity contribution in [3.05, 3.63) is 27.8 Å². The van der Waals surface area contributed by atoms with Crippen LogP contribution in [-0.4, -0.2) is 31.8 Å². The quantitative estimate of drug-likeness (QED) is 0.544. The minimum Gasteiger partial charge on any atom is -0.450 e. The zero-order chi connectivity index (χ0) is 14.1. The van der Waals surface area contributed by atoms with E-state index in [1.165, 1.54) is 0 Å². The summed E-state index contributed by atoms with van der Waals surface area (Å²) in [6.07, 6.45) is -0.484. The summed E-state index contributed by atoms with van der Waals surface area (Å²) < 4.78 is 5.64. The number of anilines is 1. The van der Waals surface area contributed by atoms with E-state index < -0.39 is 6.09 Å². The van der Waals surface area contributed by atoms with Crippen LogP contribution in [0.4, 0.5) is 15.3 Å². The van der Waals surface area contributed by atoms with Gasteiger partial charge in [0.2, 0.25) is 0 Å². The highest BCUT2D eigenvalue weighted by Gasteiger charge is 2.04. The van der Waals surface area contributed by atoms with Crippen LogP contribution in [0, 0.1) is 3.57 Å². The highest BCUT2D eigenvalue weighted by atomic mass is 127. The fourth-order valence-corrected chi connectivity index (χ4v) is 1.77. The molecule has 3 N–H and O–H groups in total. The third-order valence-electron chi connectivity index (χ3n) is 2.08. The SMILES string of the molecule is CCOC(=O)NCCNC(=O)Nc1ccccc1I. The Hall–Kier alpha value is -1.51. The van der Waals surface area contributed by atoms with E-state index in [0.29, 0.717) is 19.7 Å². The average molecular weight is 377 g/mol. The second-order valence-electron chi connectivity index (χ2n) is 3.51. The Morgan fingerprint density at radius 2 is 1.89 bits per heavy atom. The van der Waals surface area contributed by atoms with Gasteiger partial charge < -0.3 is 20.7 Å². The summed E-state index contributed by atoms with van der Waals surface area (Å²) in [6.45, 7) is 2.70. The molecular weight excluding hydrogens is 361 g/mol. The summed E-state index contributed by atoms with van der Waals surface area (Å²) in [5.41, 5.74) is 0.749. The monoisotopic (exact) mass is 377 g/mol. The molecule has 0 aliphatic rings. The number of carbonyl (C=O) groups is 2. The molecule has 6 nitrogen and oxygen atoms in total. The first-order chi connectivity index (χ1) is 9.13. The first-order valence-electron chi connectivity index (χ1n) is 5.83. The van der Waals surface area contributed by atoms with Gasteiger partial charge in [0.1, 0.15) is 0 Å². The molecule has 0 aliphatic carbocycles. The van der Waals surface area contributed by atoms with Gasteiger partial charge in [0.05, 0.1) is 12.3 Å². The maximum atomic E-state index is 11.6. The molecule has 0 aromatic heterocycles. The van der Waals surface area contributed by atoms with E-state index >= 15 is 0 Å². The number of hydrogen-bond donors (Lipinski definition) is 3. The first-order valence-corrected chi connectivity index (χ1v) is 6.91. The van der Waals surface area contributed by atoms with Crippen molar-refractivity contribution in [3.63, 3.8) is 0 Å². The van der Waals surface area contributed by atoms with Crippen molar-refractivity contribution in [2.24, 2.45) is 0 Å². The summed E-state index contributed by atoms with van der Waals surface area (Å²) in [5.74, 6) is 0. The number of rotatable bonds is 5. The molecule has 0 saturated carbocycles. The molecule has 3 amide bonds. The third kappa shape index (κ3) is 6.27. The van der Waals surface area contributed by atoms with Crippen LogP contribution >= 0.6 is 22.6 Å². The van der Waals surface area contributed by atoms with Gasteiger partial charge in [0, 0.05) is 16.7 Å². The number of carbonyl (C=O) groups excluding carboxylic acids is 2. The molecule has 1 rings (SSSR count). The van der Waals surface area contributed by atoms with Gasteiger partial charge in [-0.2, -0.15) is 0 Å². The van der Waals surface area contributed by atoms with Crippen LogP contribution in [0.5, 0.6) is 0 Å². The zero-order valence-electron chi connectivity index (χ0n) is 10.5. The van der Waals surface area contributed by atoms with Gasteiger partial charge in [0.15, 0.2) is 0 Å². The van der Waals surface area contributed by atoms with E-state index in [4.69, 9.17) is 0 Å². The van der Waals surface area contributed by atoms with Crippen molar-refractivity contribution in [2.45, 2.75) is 6.92 Å². The van der Waals surface area contributed by atoms with E-state index in [1.54, 1.807) is 6.92 Å². The summed E-state index contributed by atoms with van der Waals surface area (Å²) >= 11 is 2.14. The van der Waals surface area contributed by atoms with Crippen molar-refractivity contribution in [1.82, 2.24) is 10.6 Å². The molecule has 0 spiro atoms. The van der Waals surface area contributed by atoms with Crippen LogP contribution in [0.15, 0.2) is 24.3 Å². The molecule has 104 valence electrons. The van der Waals surface area contributed by atoms with Gasteiger partial charge in [-0.25, -0.2) is 9.59 Å². The summed E-state index contributed by atoms with van der Waals surface area (Å²) in [6, 6.07) is 7.15. The third-order valence-corrected chi connectivity index (χ3v) is 3.02. The van der Waals surface area contributed by atoms with Crippen molar-refractivity contribution in [1.29, 1.82) is 0 Å². The van der Waals surface area contributed by atoms with Gasteiger partial charge in [-0.05, 0) is 41.6 Å². The molecule has 1 aromatic carbocycles. The van der Waals surface area contributed by atoms with Crippen molar-refractivity contribution in [2.75, 3.05) is 25.0 Å². The lowest BCUT2D eigenvalue weighted by Crippen LogP contribution is -2.37. The highest BCUT2D eigenvalue weighted by Crippen LogP contribution is 2.16. The number of nitrogens with one attached hydrogen (secondary N) is 3. The molecule has 0 aliphatic heterocycles. The second-order valence-corrected chi connectivity index (χ2v) is 4.67. The lowest BCUT2D eigenvalue weighted by molar-refractivity contribution is 0.152. The minimum absolute atomic E-state index is 0.310. The fourth-order valence-electron chi connectivity index (χ4n) is 1.25. The second kappa shape index (κ2) is 8.57. The molecule has 0 bridgehead atoms. The first kappa shape index (κ1) is 15.5. The number of para-hydroxylation sites is 1. The fraction of sp³-hybridized carbons (Fsp3) is 0.333. The van der Waals surface area contributed by atoms with Crippen molar-refractivity contribution >= 4 is 40.4 Å². The maximum Gasteiger partial charge on any atom is 0.407 e. The van der Waals surface area contributed by atoms with E-state index in [1.807, 2.05) is 24.3 Å². The Labute approximate surface area is 125 Å². The highest BCUT2D eigenvalue weighted by molar-refractivity contribution is 14.1. The van der Waals surface area contributed by atoms with E-state index in [-0.39, 0.29) is 6.03 Å². The minimum atomic E-state index is -0.484. The summed E-state index contributed by atoms with van der Waals surface area (Å²) in [4.78, 5) is 22.5. The standard InChI is InChI=1S/C12H16IN3O3/c1-2-19-12(18)15-8-7-14-11(17)16-10-6-4-3-5-9(10)13/h3-6H,2,7-8H2,1H3,(H,15,18)(H2,14,16,17). The van der Waals surface area contributed by atoms with Crippen molar-refractivity contribution < 1.29 is 14.3 Å². The Bertz CT molecular complexity index is 440. The lowest BCUT2D eigenvalue weighted by Gasteiger charge is -2.09. The average Bonchev–Trinajstić information content (AvgIpc) is 2.38. The molecule has 0 radical (unpaired) electrons. The van der Waals surface area contributed by atoms with Crippen LogP contribution in [0.1, 0.15) is 6.92 Å². The van der Waals surface area contributed by atoms with E-state index in [0.717, 1.165) is 9.26 Å². The summed E-state index contributed by atoms with van der Waals surface area (Å²) in [7, 11) is 0. The predicted octanol–water partition coefficient (Wildman–Crippen LogP) is 2.16. The van der Waals surface area contributed by atoms with Gasteiger partial charge in [-0.1, -0.05) is 12.1 Å². The van der Waals surface area contributed by atoms with E-state index in [9.17, 15) is 9.59 Å². The molecule has 1 aromatic rings. The van der Waals surface area contributed by atoms with Crippen LogP contribution in [0.3, 0.4) is 0 Å². The number of alkyl carbamates (subject to hydrolysis) is 1. The number of urea groups is 1. The Kier molecular flexibility index (Phi) is 7.01. The Morgan fingerprint density at radius 3 is 2.58 bits per heavy atom. The van der Waals surface area contributed by atoms with Crippen molar-refractivity contribution in [3.8, 4) is 0 Å². The van der Waals surface area contributed by atoms with E-state index in [2.05, 4.69) is 43.3 Å². The van der Waals surface area contributed by atoms with Crippen LogP contribution in [0.25, 0.3) is 0 Å². The molecule has 0 atom stereocenters. The zero-order valence-corrected chi connectivity index (χ0v) is 12.7. The lowest BCUT2D eigenvalue weighted by atomic mass is 10.3. The largest absolute Gasteiger partial charge is 0.450 e. The smallest absolute Gasteiger partial charge is 0.407 e. The van der Waals surface area contributed by atoms with Gasteiger partial charge in [-0.15, -0.1) is 0 Å². The van der Waals surface area contributed by atoms with Crippen LogP contribution in [-0.2, 0) is 4.74 Å². The molecule has 0 unspecified atom stereocenters. The predicted molar refractivity (Wildman–Crippen MR) is 81.2 cm³/mol. The molecule has 0 fully saturated rings. The normalized spacial score (nSPS) is 9.58. The van der Waals surface area contributed by atoms with Gasteiger partial charge >= 0.3 is 12.1 Å². The molecule has 0 heterocycles. The number of halogens is 1. The molecule has 19 heavy (non-hydrogen) atoms. The Balaban J connectivity index is 2.22. The van der Waals surface area contributed by atoms with Crippen LogP contribution < -0.4 is 16.0 Å². The van der Waals surface area contributed by atoms with Crippen LogP contribution in [0.2, 0.25) is 0 Å². The molecular formula is C12H16IN3O3. The molecule has 0 saturated heterocycles. The number of ether oxygens (including phenoxy) is 1. The summed E-state index contributed by atoms with van der Waals surface area (Å²) in [5, 5.41) is 7.86. The van der Waals surface area contributed by atoms with Gasteiger partial charge in [-0.3, -0.25) is 0 Å². The number of amides is 3. The molecule has 7 heteroatoms. The topological polar surface area (TPSA) is 79.5 Å². The number of benzene rings is 1. The maximum absolute atomic E-state index is 11.6. The Morgan fingerprint density at radius 1 is 1.21 bits per heavy atom. The van der Waals surface area contributed by atoms with Gasteiger partial charge in [0.25, 0.3) is 0 Å².